The number of anilines is 1. The quantitative estimate of drug-likeness (QED) is 0.549. The first-order valence-electron chi connectivity index (χ1n) is 9.89. The van der Waals surface area contributed by atoms with Crippen molar-refractivity contribution < 1.29 is 14.4 Å². The minimum absolute atomic E-state index is 0.0467. The van der Waals surface area contributed by atoms with Crippen molar-refractivity contribution in [1.29, 1.82) is 0 Å². The molecule has 0 bridgehead atoms. The maximum Gasteiger partial charge on any atom is 0.253 e. The number of hydrogen-bond acceptors (Lipinski definition) is 5. The summed E-state index contributed by atoms with van der Waals surface area (Å²) >= 11 is 1.37. The van der Waals surface area contributed by atoms with Crippen LogP contribution in [0.15, 0.2) is 54.0 Å². The zero-order valence-corrected chi connectivity index (χ0v) is 16.9. The van der Waals surface area contributed by atoms with Crippen LogP contribution in [-0.4, -0.2) is 40.6 Å². The van der Waals surface area contributed by atoms with E-state index in [1.54, 1.807) is 28.6 Å². The Balaban J connectivity index is 1.34. The number of benzene rings is 2. The molecule has 0 spiro atoms. The van der Waals surface area contributed by atoms with Crippen LogP contribution < -0.4 is 5.32 Å². The van der Waals surface area contributed by atoms with Crippen molar-refractivity contribution >= 4 is 34.1 Å². The summed E-state index contributed by atoms with van der Waals surface area (Å²) in [5.41, 5.74) is 3.50. The SMILES string of the molecule is O=C1c2ccccc2-c2ccc(C(=O)N3CCCC(C(=O)Nc4nccs4)C3)cc21. The molecule has 0 radical (unpaired) electrons. The number of carbonyl (C=O) groups excluding carboxylic acids is 3. The van der Waals surface area contributed by atoms with Crippen LogP contribution in [0.4, 0.5) is 5.13 Å². The number of aromatic nitrogens is 1. The number of fused-ring (bicyclic) bond motifs is 3. The molecule has 1 aromatic heterocycles. The Labute approximate surface area is 177 Å². The van der Waals surface area contributed by atoms with Gasteiger partial charge in [0, 0.05) is 41.4 Å². The zero-order chi connectivity index (χ0) is 20.7. The molecular formula is C23H19N3O3S. The maximum absolute atomic E-state index is 13.1. The van der Waals surface area contributed by atoms with Crippen molar-refractivity contribution in [2.45, 2.75) is 12.8 Å². The highest BCUT2D eigenvalue weighted by Gasteiger charge is 2.31. The predicted octanol–water partition coefficient (Wildman–Crippen LogP) is 3.85. The molecule has 30 heavy (non-hydrogen) atoms. The Hall–Kier alpha value is -3.32. The number of nitrogens with zero attached hydrogens (tertiary/aromatic N) is 2. The van der Waals surface area contributed by atoms with E-state index in [1.807, 2.05) is 30.3 Å². The average molecular weight is 417 g/mol. The van der Waals surface area contributed by atoms with Crippen LogP contribution in [0.3, 0.4) is 0 Å². The third-order valence-electron chi connectivity index (χ3n) is 5.71. The van der Waals surface area contributed by atoms with E-state index in [4.69, 9.17) is 0 Å². The number of piperidine rings is 1. The number of thiazole rings is 1. The number of hydrogen-bond donors (Lipinski definition) is 1. The summed E-state index contributed by atoms with van der Waals surface area (Å²) in [6.07, 6.45) is 3.14. The number of carbonyl (C=O) groups is 3. The smallest absolute Gasteiger partial charge is 0.253 e. The van der Waals surface area contributed by atoms with E-state index in [-0.39, 0.29) is 23.5 Å². The molecule has 2 aliphatic rings. The van der Waals surface area contributed by atoms with Gasteiger partial charge in [0.25, 0.3) is 5.91 Å². The van der Waals surface area contributed by atoms with Crippen LogP contribution in [0.1, 0.15) is 39.1 Å². The lowest BCUT2D eigenvalue weighted by molar-refractivity contribution is -0.121. The molecule has 1 N–H and O–H groups in total. The second-order valence-corrected chi connectivity index (χ2v) is 8.45. The normalized spacial score (nSPS) is 17.4. The molecule has 2 heterocycles. The van der Waals surface area contributed by atoms with Crippen LogP contribution in [0.2, 0.25) is 0 Å². The molecule has 1 saturated heterocycles. The van der Waals surface area contributed by atoms with E-state index in [9.17, 15) is 14.4 Å². The molecule has 7 heteroatoms. The monoisotopic (exact) mass is 417 g/mol. The first kappa shape index (κ1) is 18.7. The Kier molecular flexibility index (Phi) is 4.67. The number of nitrogens with one attached hydrogen (secondary N) is 1. The zero-order valence-electron chi connectivity index (χ0n) is 16.1. The summed E-state index contributed by atoms with van der Waals surface area (Å²) in [6, 6.07) is 12.8. The summed E-state index contributed by atoms with van der Waals surface area (Å²) in [5, 5.41) is 5.20. The maximum atomic E-state index is 13.1. The standard InChI is InChI=1S/C23H19N3O3S/c27-20-18-6-2-1-5-16(18)17-8-7-14(12-19(17)20)22(29)26-10-3-4-15(13-26)21(28)25-23-24-9-11-30-23/h1-2,5-9,11-12,15H,3-4,10,13H2,(H,24,25,28). The average Bonchev–Trinajstić information content (AvgIpc) is 3.40. The molecular weight excluding hydrogens is 398 g/mol. The highest BCUT2D eigenvalue weighted by Crippen LogP contribution is 2.37. The van der Waals surface area contributed by atoms with E-state index in [0.29, 0.717) is 34.9 Å². The molecule has 6 nitrogen and oxygen atoms in total. The Morgan fingerprint density at radius 1 is 1.07 bits per heavy atom. The lowest BCUT2D eigenvalue weighted by Crippen LogP contribution is -2.43. The molecule has 150 valence electrons. The van der Waals surface area contributed by atoms with E-state index >= 15 is 0 Å². The van der Waals surface area contributed by atoms with Gasteiger partial charge < -0.3 is 10.2 Å². The lowest BCUT2D eigenvalue weighted by atomic mass is 9.96. The molecule has 1 atom stereocenters. The molecule has 1 unspecified atom stereocenters. The number of amides is 2. The summed E-state index contributed by atoms with van der Waals surface area (Å²) in [6.45, 7) is 0.965. The van der Waals surface area contributed by atoms with Crippen molar-refractivity contribution in [1.82, 2.24) is 9.88 Å². The fraction of sp³-hybridized carbons (Fsp3) is 0.217. The van der Waals surface area contributed by atoms with Crippen molar-refractivity contribution in [2.75, 3.05) is 18.4 Å². The highest BCUT2D eigenvalue weighted by molar-refractivity contribution is 7.13. The van der Waals surface area contributed by atoms with Gasteiger partial charge in [-0.05, 0) is 36.1 Å². The molecule has 5 rings (SSSR count). The summed E-state index contributed by atoms with van der Waals surface area (Å²) in [5.74, 6) is -0.572. The second kappa shape index (κ2) is 7.50. The number of rotatable bonds is 3. The fourth-order valence-electron chi connectivity index (χ4n) is 4.21. The predicted molar refractivity (Wildman–Crippen MR) is 115 cm³/mol. The Bertz CT molecular complexity index is 1160. The third kappa shape index (κ3) is 3.21. The summed E-state index contributed by atoms with van der Waals surface area (Å²) < 4.78 is 0. The van der Waals surface area contributed by atoms with Gasteiger partial charge in [0.2, 0.25) is 5.91 Å². The van der Waals surface area contributed by atoms with Gasteiger partial charge in [-0.3, -0.25) is 14.4 Å². The van der Waals surface area contributed by atoms with Gasteiger partial charge in [-0.15, -0.1) is 11.3 Å². The van der Waals surface area contributed by atoms with Gasteiger partial charge in [0.05, 0.1) is 5.92 Å². The molecule has 1 fully saturated rings. The van der Waals surface area contributed by atoms with Gasteiger partial charge in [0.1, 0.15) is 0 Å². The van der Waals surface area contributed by atoms with Crippen LogP contribution >= 0.6 is 11.3 Å². The largest absolute Gasteiger partial charge is 0.338 e. The molecule has 2 aromatic carbocycles. The molecule has 1 aliphatic carbocycles. The van der Waals surface area contributed by atoms with Crippen LogP contribution in [0.5, 0.6) is 0 Å². The minimum Gasteiger partial charge on any atom is -0.338 e. The summed E-state index contributed by atoms with van der Waals surface area (Å²) in [4.78, 5) is 44.2. The molecule has 0 saturated carbocycles. The van der Waals surface area contributed by atoms with Crippen molar-refractivity contribution in [3.05, 3.63) is 70.7 Å². The van der Waals surface area contributed by atoms with Crippen molar-refractivity contribution in [3.63, 3.8) is 0 Å². The van der Waals surface area contributed by atoms with Gasteiger partial charge in [-0.25, -0.2) is 4.98 Å². The Morgan fingerprint density at radius 2 is 1.87 bits per heavy atom. The number of ketones is 1. The van der Waals surface area contributed by atoms with Gasteiger partial charge >= 0.3 is 0 Å². The van der Waals surface area contributed by atoms with Gasteiger partial charge in [-0.1, -0.05) is 30.3 Å². The van der Waals surface area contributed by atoms with Crippen LogP contribution in [0.25, 0.3) is 11.1 Å². The molecule has 3 aromatic rings. The Morgan fingerprint density at radius 3 is 2.67 bits per heavy atom. The van der Waals surface area contributed by atoms with Gasteiger partial charge in [0.15, 0.2) is 10.9 Å². The van der Waals surface area contributed by atoms with E-state index in [2.05, 4.69) is 10.3 Å². The first-order valence-corrected chi connectivity index (χ1v) is 10.8. The van der Waals surface area contributed by atoms with E-state index < -0.39 is 0 Å². The second-order valence-electron chi connectivity index (χ2n) is 7.55. The van der Waals surface area contributed by atoms with Crippen molar-refractivity contribution in [3.8, 4) is 11.1 Å². The minimum atomic E-state index is -0.271. The molecule has 2 amide bonds. The lowest BCUT2D eigenvalue weighted by Gasteiger charge is -2.32. The third-order valence-corrected chi connectivity index (χ3v) is 6.40. The molecule has 1 aliphatic heterocycles. The van der Waals surface area contributed by atoms with Crippen molar-refractivity contribution in [2.24, 2.45) is 5.92 Å². The number of likely N-dealkylation sites (tertiary alicyclic amines) is 1. The van der Waals surface area contributed by atoms with Crippen LogP contribution in [-0.2, 0) is 4.79 Å². The van der Waals surface area contributed by atoms with E-state index in [1.165, 1.54) is 11.3 Å². The topological polar surface area (TPSA) is 79.4 Å². The summed E-state index contributed by atoms with van der Waals surface area (Å²) in [7, 11) is 0. The highest BCUT2D eigenvalue weighted by atomic mass is 32.1. The van der Waals surface area contributed by atoms with E-state index in [0.717, 1.165) is 24.0 Å². The van der Waals surface area contributed by atoms with Crippen LogP contribution in [0, 0.1) is 5.92 Å². The first-order chi connectivity index (χ1) is 14.6. The fourth-order valence-corrected chi connectivity index (χ4v) is 4.74. The van der Waals surface area contributed by atoms with Gasteiger partial charge in [-0.2, -0.15) is 0 Å².